The summed E-state index contributed by atoms with van der Waals surface area (Å²) < 4.78 is 52.2. The van der Waals surface area contributed by atoms with Crippen LogP contribution in [-0.2, 0) is 12.8 Å². The van der Waals surface area contributed by atoms with Gasteiger partial charge in [-0.1, -0.05) is 18.2 Å². The fraction of sp³-hybridized carbons (Fsp3) is 0.200. The van der Waals surface area contributed by atoms with E-state index in [-0.39, 0.29) is 18.4 Å². The lowest BCUT2D eigenvalue weighted by Gasteiger charge is -2.12. The van der Waals surface area contributed by atoms with Crippen molar-refractivity contribution in [3.05, 3.63) is 70.8 Å². The number of rotatable bonds is 4. The van der Waals surface area contributed by atoms with Crippen molar-refractivity contribution >= 4 is 0 Å². The van der Waals surface area contributed by atoms with Crippen LogP contribution in [0.3, 0.4) is 0 Å². The first-order valence-corrected chi connectivity index (χ1v) is 6.02. The van der Waals surface area contributed by atoms with Crippen LogP contribution >= 0.6 is 0 Å². The minimum absolute atomic E-state index is 0.0210. The van der Waals surface area contributed by atoms with Crippen LogP contribution in [0.15, 0.2) is 36.4 Å². The van der Waals surface area contributed by atoms with Gasteiger partial charge in [0.1, 0.15) is 0 Å². The predicted octanol–water partition coefficient (Wildman–Crippen LogP) is 3.39. The van der Waals surface area contributed by atoms with E-state index in [9.17, 15) is 22.7 Å². The Morgan fingerprint density at radius 1 is 0.850 bits per heavy atom. The molecular weight excluding hydrogens is 272 g/mol. The second-order valence-corrected chi connectivity index (χ2v) is 4.52. The summed E-state index contributed by atoms with van der Waals surface area (Å²) in [4.78, 5) is 0. The molecule has 0 aliphatic carbocycles. The number of halogens is 4. The number of benzene rings is 2. The molecule has 0 bridgehead atoms. The zero-order valence-electron chi connectivity index (χ0n) is 10.4. The summed E-state index contributed by atoms with van der Waals surface area (Å²) in [5.74, 6) is -3.97. The van der Waals surface area contributed by atoms with Gasteiger partial charge in [-0.25, -0.2) is 17.6 Å². The third kappa shape index (κ3) is 3.36. The first-order valence-electron chi connectivity index (χ1n) is 6.02. The molecule has 1 atom stereocenters. The van der Waals surface area contributed by atoms with Crippen molar-refractivity contribution in [2.75, 3.05) is 0 Å². The monoisotopic (exact) mass is 284 g/mol. The van der Waals surface area contributed by atoms with Gasteiger partial charge in [-0.05, 0) is 35.7 Å². The largest absolute Gasteiger partial charge is 0.392 e. The highest BCUT2D eigenvalue weighted by Gasteiger charge is 2.14. The SMILES string of the molecule is OC(Cc1ccc(F)c(F)c1)Cc1cccc(F)c1F. The quantitative estimate of drug-likeness (QED) is 0.853. The molecule has 20 heavy (non-hydrogen) atoms. The van der Waals surface area contributed by atoms with Crippen molar-refractivity contribution in [2.24, 2.45) is 0 Å². The maximum absolute atomic E-state index is 13.4. The third-order valence-electron chi connectivity index (χ3n) is 2.94. The van der Waals surface area contributed by atoms with E-state index in [1.807, 2.05) is 0 Å². The molecule has 106 valence electrons. The lowest BCUT2D eigenvalue weighted by atomic mass is 10.0. The van der Waals surface area contributed by atoms with Crippen LogP contribution < -0.4 is 0 Å². The molecule has 0 aromatic heterocycles. The fourth-order valence-electron chi connectivity index (χ4n) is 1.97. The Bertz CT molecular complexity index is 613. The molecule has 0 spiro atoms. The molecule has 0 amide bonds. The molecule has 5 heteroatoms. The van der Waals surface area contributed by atoms with E-state index in [0.29, 0.717) is 5.56 Å². The normalized spacial score (nSPS) is 12.4. The van der Waals surface area contributed by atoms with Gasteiger partial charge in [0.25, 0.3) is 0 Å². The van der Waals surface area contributed by atoms with Gasteiger partial charge in [0, 0.05) is 6.42 Å². The molecule has 0 heterocycles. The highest BCUT2D eigenvalue weighted by Crippen LogP contribution is 2.16. The highest BCUT2D eigenvalue weighted by molar-refractivity contribution is 5.22. The standard InChI is InChI=1S/C15H12F4O/c16-12-5-4-9(7-14(12)18)6-11(20)8-10-2-1-3-13(17)15(10)19/h1-5,7,11,20H,6,8H2. The van der Waals surface area contributed by atoms with Gasteiger partial charge in [0.05, 0.1) is 6.10 Å². The fourth-order valence-corrected chi connectivity index (χ4v) is 1.97. The van der Waals surface area contributed by atoms with E-state index in [1.54, 1.807) is 0 Å². The first kappa shape index (κ1) is 14.5. The molecule has 0 aliphatic heterocycles. The maximum atomic E-state index is 13.4. The number of hydrogen-bond acceptors (Lipinski definition) is 1. The Labute approximate surface area is 113 Å². The third-order valence-corrected chi connectivity index (χ3v) is 2.94. The van der Waals surface area contributed by atoms with E-state index < -0.39 is 29.4 Å². The number of aliphatic hydroxyl groups excluding tert-OH is 1. The van der Waals surface area contributed by atoms with Crippen molar-refractivity contribution < 1.29 is 22.7 Å². The summed E-state index contributed by atoms with van der Waals surface area (Å²) in [6.45, 7) is 0. The van der Waals surface area contributed by atoms with Gasteiger partial charge in [-0.15, -0.1) is 0 Å². The van der Waals surface area contributed by atoms with Gasteiger partial charge in [0.15, 0.2) is 23.3 Å². The van der Waals surface area contributed by atoms with E-state index in [0.717, 1.165) is 18.2 Å². The van der Waals surface area contributed by atoms with Crippen LogP contribution in [0, 0.1) is 23.3 Å². The minimum Gasteiger partial charge on any atom is -0.392 e. The summed E-state index contributed by atoms with van der Waals surface area (Å²) in [6, 6.07) is 6.97. The molecule has 0 saturated carbocycles. The number of aliphatic hydroxyl groups is 1. The molecule has 0 radical (unpaired) electrons. The van der Waals surface area contributed by atoms with Crippen LogP contribution in [-0.4, -0.2) is 11.2 Å². The predicted molar refractivity (Wildman–Crippen MR) is 66.1 cm³/mol. The smallest absolute Gasteiger partial charge is 0.162 e. The minimum atomic E-state index is -1.02. The zero-order chi connectivity index (χ0) is 14.7. The lowest BCUT2D eigenvalue weighted by Crippen LogP contribution is -2.15. The zero-order valence-corrected chi connectivity index (χ0v) is 10.4. The van der Waals surface area contributed by atoms with Crippen LogP contribution in [0.1, 0.15) is 11.1 Å². The molecule has 2 rings (SSSR count). The van der Waals surface area contributed by atoms with Crippen LogP contribution in [0.5, 0.6) is 0 Å². The molecule has 1 unspecified atom stereocenters. The summed E-state index contributed by atoms with van der Waals surface area (Å²) >= 11 is 0. The molecule has 0 aliphatic rings. The Morgan fingerprint density at radius 2 is 1.60 bits per heavy atom. The average molecular weight is 284 g/mol. The van der Waals surface area contributed by atoms with E-state index in [2.05, 4.69) is 0 Å². The van der Waals surface area contributed by atoms with Crippen molar-refractivity contribution in [3.63, 3.8) is 0 Å². The Kier molecular flexibility index (Phi) is 4.39. The van der Waals surface area contributed by atoms with Crippen LogP contribution in [0.2, 0.25) is 0 Å². The molecule has 0 fully saturated rings. The van der Waals surface area contributed by atoms with Crippen molar-refractivity contribution in [2.45, 2.75) is 18.9 Å². The second-order valence-electron chi connectivity index (χ2n) is 4.52. The summed E-state index contributed by atoms with van der Waals surface area (Å²) in [7, 11) is 0. The van der Waals surface area contributed by atoms with Gasteiger partial charge in [0.2, 0.25) is 0 Å². The topological polar surface area (TPSA) is 20.2 Å². The molecule has 0 saturated heterocycles. The Hall–Kier alpha value is -1.88. The first-order chi connectivity index (χ1) is 9.47. The van der Waals surface area contributed by atoms with Crippen molar-refractivity contribution in [3.8, 4) is 0 Å². The molecule has 2 aromatic rings. The van der Waals surface area contributed by atoms with Gasteiger partial charge in [-0.2, -0.15) is 0 Å². The molecular formula is C15H12F4O. The van der Waals surface area contributed by atoms with Gasteiger partial charge < -0.3 is 5.11 Å². The number of hydrogen-bond donors (Lipinski definition) is 1. The summed E-state index contributed by atoms with van der Waals surface area (Å²) in [5, 5.41) is 9.83. The average Bonchev–Trinajstić information content (AvgIpc) is 2.39. The van der Waals surface area contributed by atoms with E-state index in [4.69, 9.17) is 0 Å². The molecule has 2 aromatic carbocycles. The maximum Gasteiger partial charge on any atom is 0.162 e. The molecule has 1 N–H and O–H groups in total. The van der Waals surface area contributed by atoms with Gasteiger partial charge in [-0.3, -0.25) is 0 Å². The second kappa shape index (κ2) is 6.05. The summed E-state index contributed by atoms with van der Waals surface area (Å²) in [5.41, 5.74) is 0.424. The van der Waals surface area contributed by atoms with Crippen molar-refractivity contribution in [1.82, 2.24) is 0 Å². The van der Waals surface area contributed by atoms with E-state index >= 15 is 0 Å². The van der Waals surface area contributed by atoms with Gasteiger partial charge >= 0.3 is 0 Å². The van der Waals surface area contributed by atoms with Crippen molar-refractivity contribution in [1.29, 1.82) is 0 Å². The Balaban J connectivity index is 2.07. The van der Waals surface area contributed by atoms with Crippen LogP contribution in [0.25, 0.3) is 0 Å². The highest BCUT2D eigenvalue weighted by atomic mass is 19.2. The summed E-state index contributed by atoms with van der Waals surface area (Å²) in [6.07, 6.45) is -1.11. The Morgan fingerprint density at radius 3 is 2.30 bits per heavy atom. The molecule has 1 nitrogen and oxygen atoms in total. The van der Waals surface area contributed by atoms with E-state index in [1.165, 1.54) is 18.2 Å². The lowest BCUT2D eigenvalue weighted by molar-refractivity contribution is 0.173. The van der Waals surface area contributed by atoms with Crippen LogP contribution in [0.4, 0.5) is 17.6 Å².